The van der Waals surface area contributed by atoms with Crippen LogP contribution in [0.5, 0.6) is 0 Å². The van der Waals surface area contributed by atoms with Gasteiger partial charge in [0.15, 0.2) is 0 Å². The van der Waals surface area contributed by atoms with E-state index in [0.717, 1.165) is 29.8 Å². The van der Waals surface area contributed by atoms with Gasteiger partial charge in [-0.15, -0.1) is 0 Å². The largest absolute Gasteiger partial charge is 0.378 e. The van der Waals surface area contributed by atoms with Crippen molar-refractivity contribution in [1.82, 2.24) is 0 Å². The van der Waals surface area contributed by atoms with Crippen LogP contribution in [-0.2, 0) is 16.0 Å². The number of benzene rings is 2. The van der Waals surface area contributed by atoms with E-state index in [1.807, 2.05) is 61.5 Å². The second kappa shape index (κ2) is 6.74. The van der Waals surface area contributed by atoms with Crippen LogP contribution in [0.3, 0.4) is 0 Å². The molecule has 5 heteroatoms. The second-order valence-corrected chi connectivity index (χ2v) is 6.09. The van der Waals surface area contributed by atoms with Gasteiger partial charge in [0.1, 0.15) is 0 Å². The molecule has 2 amide bonds. The van der Waals surface area contributed by atoms with E-state index in [9.17, 15) is 9.59 Å². The number of carbonyl (C=O) groups excluding carboxylic acids is 2. The zero-order valence-electron chi connectivity index (χ0n) is 14.0. The zero-order valence-corrected chi connectivity index (χ0v) is 14.0. The highest BCUT2D eigenvalue weighted by atomic mass is 16.2. The van der Waals surface area contributed by atoms with Gasteiger partial charge in [0.2, 0.25) is 0 Å². The zero-order chi connectivity index (χ0) is 17.1. The number of aryl methyl sites for hydroxylation is 1. The molecule has 2 aromatic carbocycles. The predicted molar refractivity (Wildman–Crippen MR) is 96.5 cm³/mol. The van der Waals surface area contributed by atoms with Crippen LogP contribution >= 0.6 is 0 Å². The summed E-state index contributed by atoms with van der Waals surface area (Å²) in [6.45, 7) is 0.570. The molecule has 0 unspecified atom stereocenters. The first-order chi connectivity index (χ1) is 11.6. The minimum absolute atomic E-state index is 0.516. The van der Waals surface area contributed by atoms with Crippen molar-refractivity contribution in [3.8, 4) is 0 Å². The lowest BCUT2D eigenvalue weighted by atomic mass is 10.0. The Kier molecular flexibility index (Phi) is 4.51. The lowest BCUT2D eigenvalue weighted by molar-refractivity contribution is -0.134. The average Bonchev–Trinajstić information content (AvgIpc) is 2.60. The number of nitrogens with one attached hydrogen (secondary N) is 1. The lowest BCUT2D eigenvalue weighted by Crippen LogP contribution is -2.42. The number of para-hydroxylation sites is 1. The van der Waals surface area contributed by atoms with Crippen molar-refractivity contribution in [3.63, 3.8) is 0 Å². The molecule has 24 heavy (non-hydrogen) atoms. The van der Waals surface area contributed by atoms with Crippen molar-refractivity contribution in [2.75, 3.05) is 35.8 Å². The van der Waals surface area contributed by atoms with Gasteiger partial charge in [-0.25, -0.2) is 0 Å². The van der Waals surface area contributed by atoms with Gasteiger partial charge in [0, 0.05) is 37.7 Å². The number of carbonyl (C=O) groups is 2. The number of amides is 2. The third-order valence-corrected chi connectivity index (χ3v) is 4.17. The minimum Gasteiger partial charge on any atom is -0.378 e. The second-order valence-electron chi connectivity index (χ2n) is 6.09. The Morgan fingerprint density at radius 2 is 1.88 bits per heavy atom. The molecule has 0 bridgehead atoms. The summed E-state index contributed by atoms with van der Waals surface area (Å²) in [6.07, 6.45) is 1.80. The molecule has 0 aliphatic carbocycles. The number of hydrogen-bond acceptors (Lipinski definition) is 3. The number of rotatable bonds is 2. The molecule has 0 fully saturated rings. The van der Waals surface area contributed by atoms with E-state index in [1.54, 1.807) is 11.0 Å². The van der Waals surface area contributed by atoms with Crippen LogP contribution in [0.15, 0.2) is 48.5 Å². The van der Waals surface area contributed by atoms with Crippen LogP contribution in [0.2, 0.25) is 0 Å². The molecule has 0 atom stereocenters. The van der Waals surface area contributed by atoms with Crippen molar-refractivity contribution in [1.29, 1.82) is 0 Å². The van der Waals surface area contributed by atoms with Crippen molar-refractivity contribution in [2.24, 2.45) is 0 Å². The van der Waals surface area contributed by atoms with Gasteiger partial charge in [0.25, 0.3) is 0 Å². The van der Waals surface area contributed by atoms with Crippen LogP contribution < -0.4 is 15.1 Å². The Bertz CT molecular complexity index is 771. The van der Waals surface area contributed by atoms with Crippen LogP contribution in [0.25, 0.3) is 0 Å². The summed E-state index contributed by atoms with van der Waals surface area (Å²) >= 11 is 0. The summed E-state index contributed by atoms with van der Waals surface area (Å²) in [5.41, 5.74) is 3.53. The van der Waals surface area contributed by atoms with Crippen molar-refractivity contribution in [3.05, 3.63) is 54.1 Å². The number of nitrogens with zero attached hydrogens (tertiary/aromatic N) is 2. The number of hydrogen-bond donors (Lipinski definition) is 1. The highest BCUT2D eigenvalue weighted by Gasteiger charge is 2.27. The first-order valence-electron chi connectivity index (χ1n) is 8.04. The summed E-state index contributed by atoms with van der Waals surface area (Å²) < 4.78 is 0. The van der Waals surface area contributed by atoms with Gasteiger partial charge in [-0.3, -0.25) is 9.59 Å². The van der Waals surface area contributed by atoms with E-state index >= 15 is 0 Å². The minimum atomic E-state index is -0.609. The molecule has 124 valence electrons. The van der Waals surface area contributed by atoms with Crippen molar-refractivity contribution in [2.45, 2.75) is 12.8 Å². The lowest BCUT2D eigenvalue weighted by Gasteiger charge is -2.28. The van der Waals surface area contributed by atoms with Crippen LogP contribution in [-0.4, -0.2) is 32.5 Å². The van der Waals surface area contributed by atoms with Gasteiger partial charge in [-0.1, -0.05) is 24.3 Å². The van der Waals surface area contributed by atoms with Gasteiger partial charge in [-0.2, -0.15) is 0 Å². The van der Waals surface area contributed by atoms with E-state index in [-0.39, 0.29) is 0 Å². The summed E-state index contributed by atoms with van der Waals surface area (Å²) in [5.74, 6) is -1.12. The average molecular weight is 323 g/mol. The SMILES string of the molecule is CN(C)c1cccc(NC(=O)C(=O)N2CCCc3ccccc32)c1. The highest BCUT2D eigenvalue weighted by molar-refractivity contribution is 6.44. The molecule has 2 aromatic rings. The van der Waals surface area contributed by atoms with E-state index in [1.165, 1.54) is 0 Å². The summed E-state index contributed by atoms with van der Waals surface area (Å²) in [7, 11) is 3.85. The van der Waals surface area contributed by atoms with Crippen LogP contribution in [0, 0.1) is 0 Å². The Morgan fingerprint density at radius 3 is 2.67 bits per heavy atom. The highest BCUT2D eigenvalue weighted by Crippen LogP contribution is 2.27. The smallest absolute Gasteiger partial charge is 0.316 e. The maximum absolute atomic E-state index is 12.6. The van der Waals surface area contributed by atoms with E-state index < -0.39 is 11.8 Å². The molecule has 0 saturated carbocycles. The molecule has 1 N–H and O–H groups in total. The maximum atomic E-state index is 12.6. The van der Waals surface area contributed by atoms with Crippen molar-refractivity contribution >= 4 is 28.9 Å². The molecular weight excluding hydrogens is 302 g/mol. The first kappa shape index (κ1) is 16.1. The molecule has 1 heterocycles. The van der Waals surface area contributed by atoms with Crippen LogP contribution in [0.1, 0.15) is 12.0 Å². The van der Waals surface area contributed by atoms with Crippen LogP contribution in [0.4, 0.5) is 17.1 Å². The molecule has 0 spiro atoms. The van der Waals surface area contributed by atoms with E-state index in [0.29, 0.717) is 12.2 Å². The van der Waals surface area contributed by atoms with Gasteiger partial charge >= 0.3 is 11.8 Å². The molecular formula is C19H21N3O2. The summed E-state index contributed by atoms with van der Waals surface area (Å²) in [4.78, 5) is 28.5. The number of anilines is 3. The molecule has 1 aliphatic heterocycles. The molecule has 3 rings (SSSR count). The quantitative estimate of drug-likeness (QED) is 0.865. The van der Waals surface area contributed by atoms with Crippen molar-refractivity contribution < 1.29 is 9.59 Å². The van der Waals surface area contributed by atoms with Gasteiger partial charge in [-0.05, 0) is 42.7 Å². The third-order valence-electron chi connectivity index (χ3n) is 4.17. The summed E-state index contributed by atoms with van der Waals surface area (Å²) in [6, 6.07) is 15.2. The topological polar surface area (TPSA) is 52.7 Å². The fourth-order valence-electron chi connectivity index (χ4n) is 2.91. The Morgan fingerprint density at radius 1 is 1.08 bits per heavy atom. The fourth-order valence-corrected chi connectivity index (χ4v) is 2.91. The van der Waals surface area contributed by atoms with Gasteiger partial charge < -0.3 is 15.1 Å². The Labute approximate surface area is 141 Å². The Hall–Kier alpha value is -2.82. The standard InChI is InChI=1S/C19H21N3O2/c1-21(2)16-10-5-9-15(13-16)20-18(23)19(24)22-12-6-8-14-7-3-4-11-17(14)22/h3-5,7,9-11,13H,6,8,12H2,1-2H3,(H,20,23). The van der Waals surface area contributed by atoms with E-state index in [2.05, 4.69) is 5.32 Å². The monoisotopic (exact) mass is 323 g/mol. The third kappa shape index (κ3) is 3.25. The molecule has 5 nitrogen and oxygen atoms in total. The summed E-state index contributed by atoms with van der Waals surface area (Å²) in [5, 5.41) is 2.71. The molecule has 0 aromatic heterocycles. The number of fused-ring (bicyclic) bond motifs is 1. The molecule has 0 radical (unpaired) electrons. The maximum Gasteiger partial charge on any atom is 0.316 e. The first-order valence-corrected chi connectivity index (χ1v) is 8.04. The molecule has 0 saturated heterocycles. The predicted octanol–water partition coefficient (Wildman–Crippen LogP) is 2.67. The fraction of sp³-hybridized carbons (Fsp3) is 0.263. The molecule has 1 aliphatic rings. The normalized spacial score (nSPS) is 13.2. The van der Waals surface area contributed by atoms with Gasteiger partial charge in [0.05, 0.1) is 0 Å². The van der Waals surface area contributed by atoms with E-state index in [4.69, 9.17) is 0 Å². The Balaban J connectivity index is 1.77.